The molecule has 0 aromatic heterocycles. The van der Waals surface area contributed by atoms with E-state index in [1.54, 1.807) is 12.1 Å². The van der Waals surface area contributed by atoms with E-state index >= 15 is 0 Å². The van der Waals surface area contributed by atoms with E-state index < -0.39 is 0 Å². The Morgan fingerprint density at radius 3 is 2.88 bits per heavy atom. The third kappa shape index (κ3) is 0.816. The molecule has 1 rings (SSSR count). The molecule has 3 heteroatoms. The number of hydrogen-bond acceptors (Lipinski definition) is 3. The van der Waals surface area contributed by atoms with Crippen molar-refractivity contribution < 1.29 is 4.74 Å². The van der Waals surface area contributed by atoms with Gasteiger partial charge in [-0.2, -0.15) is 0 Å². The predicted molar refractivity (Wildman–Crippen MR) is 31.4 cm³/mol. The third-order valence-corrected chi connectivity index (χ3v) is 1.26. The average Bonchev–Trinajstić information content (AvgIpc) is 2.14. The first-order chi connectivity index (χ1) is 3.84. The molecule has 0 fully saturated rings. The van der Waals surface area contributed by atoms with E-state index in [4.69, 9.17) is 4.74 Å². The van der Waals surface area contributed by atoms with Gasteiger partial charge in [0.25, 0.3) is 6.21 Å². The van der Waals surface area contributed by atoms with Crippen molar-refractivity contribution in [1.82, 2.24) is 10.1 Å². The number of methoxy groups -OCH3 is 1. The lowest BCUT2D eigenvalue weighted by molar-refractivity contribution is -0.00958. The highest BCUT2D eigenvalue weighted by molar-refractivity contribution is 5.57. The zero-order valence-electron chi connectivity index (χ0n) is 5.16. The summed E-state index contributed by atoms with van der Waals surface area (Å²) in [5, 5.41) is 5.78. The van der Waals surface area contributed by atoms with Gasteiger partial charge in [0.05, 0.1) is 13.5 Å². The van der Waals surface area contributed by atoms with Crippen LogP contribution in [0.5, 0.6) is 0 Å². The van der Waals surface area contributed by atoms with E-state index in [0.29, 0.717) is 0 Å². The van der Waals surface area contributed by atoms with Crippen LogP contribution in [0, 0.1) is 0 Å². The van der Waals surface area contributed by atoms with E-state index in [2.05, 4.69) is 5.10 Å². The maximum Gasteiger partial charge on any atom is 0.256 e. The Balaban J connectivity index is 2.38. The Kier molecular flexibility index (Phi) is 1.48. The topological polar surface area (TPSA) is 26.6 Å². The van der Waals surface area contributed by atoms with Crippen molar-refractivity contribution in [2.45, 2.75) is 12.6 Å². The lowest BCUT2D eigenvalue weighted by Crippen LogP contribution is -2.28. The molecule has 0 bridgehead atoms. The molecule has 1 atom stereocenters. The highest BCUT2D eigenvalue weighted by Crippen LogP contribution is 2.00. The second-order valence-electron chi connectivity index (χ2n) is 1.80. The van der Waals surface area contributed by atoms with Crippen LogP contribution in [0.2, 0.25) is 0 Å². The van der Waals surface area contributed by atoms with Gasteiger partial charge < -0.3 is 4.74 Å². The molecule has 0 aromatic rings. The van der Waals surface area contributed by atoms with Gasteiger partial charge in [0, 0.05) is 7.11 Å². The van der Waals surface area contributed by atoms with E-state index in [0.717, 1.165) is 6.42 Å². The largest absolute Gasteiger partial charge is 0.356 e. The average molecular weight is 114 g/mol. The summed E-state index contributed by atoms with van der Waals surface area (Å²) in [5.74, 6) is 0. The van der Waals surface area contributed by atoms with Crippen molar-refractivity contribution >= 4 is 6.21 Å². The smallest absolute Gasteiger partial charge is 0.256 e. The molecule has 8 heavy (non-hydrogen) atoms. The third-order valence-electron chi connectivity index (χ3n) is 1.26. The molecule has 3 nitrogen and oxygen atoms in total. The van der Waals surface area contributed by atoms with Crippen LogP contribution in [0.25, 0.3) is 0 Å². The second-order valence-corrected chi connectivity index (χ2v) is 1.80. The van der Waals surface area contributed by atoms with Gasteiger partial charge >= 0.3 is 0 Å². The molecular weight excluding hydrogens is 104 g/mol. The van der Waals surface area contributed by atoms with Crippen molar-refractivity contribution in [2.75, 3.05) is 14.2 Å². The highest BCUT2D eigenvalue weighted by Gasteiger charge is 2.25. The quantitative estimate of drug-likeness (QED) is 0.464. The van der Waals surface area contributed by atoms with Crippen LogP contribution in [0.3, 0.4) is 0 Å². The van der Waals surface area contributed by atoms with Gasteiger partial charge in [-0.25, -0.2) is 0 Å². The zero-order valence-corrected chi connectivity index (χ0v) is 5.16. The van der Waals surface area contributed by atoms with Gasteiger partial charge in [0.1, 0.15) is 0 Å². The maximum absolute atomic E-state index is 5.02. The molecule has 1 heterocycles. The Bertz CT molecular complexity index is 103. The summed E-state index contributed by atoms with van der Waals surface area (Å²) in [6.07, 6.45) is 2.94. The molecule has 0 saturated heterocycles. The van der Waals surface area contributed by atoms with Crippen molar-refractivity contribution in [1.29, 1.82) is 0 Å². The molecule has 1 aliphatic rings. The number of ether oxygens (including phenoxy) is 1. The zero-order chi connectivity index (χ0) is 5.98. The van der Waals surface area contributed by atoms with Gasteiger partial charge in [-0.05, 0) is 0 Å². The van der Waals surface area contributed by atoms with E-state index in [9.17, 15) is 0 Å². The van der Waals surface area contributed by atoms with Gasteiger partial charge in [-0.3, -0.25) is 0 Å². The molecule has 1 radical (unpaired) electrons. The Morgan fingerprint density at radius 2 is 2.62 bits per heavy atom. The van der Waals surface area contributed by atoms with Crippen molar-refractivity contribution in [3.63, 3.8) is 0 Å². The van der Waals surface area contributed by atoms with Crippen molar-refractivity contribution in [3.8, 4) is 0 Å². The highest BCUT2D eigenvalue weighted by atomic mass is 16.5. The normalized spacial score (nSPS) is 27.2. The lowest BCUT2D eigenvalue weighted by atomic mass is 10.4. The van der Waals surface area contributed by atoms with Crippen LogP contribution in [0.15, 0.2) is 0 Å². The first-order valence-electron chi connectivity index (χ1n) is 2.62. The maximum atomic E-state index is 5.02. The van der Waals surface area contributed by atoms with Gasteiger partial charge in [-0.15, -0.1) is 0 Å². The summed E-state index contributed by atoms with van der Waals surface area (Å²) in [7, 11) is 3.59. The second kappa shape index (κ2) is 2.13. The van der Waals surface area contributed by atoms with Crippen LogP contribution in [0.1, 0.15) is 6.42 Å². The molecule has 0 spiro atoms. The van der Waals surface area contributed by atoms with Crippen LogP contribution in [-0.2, 0) is 4.74 Å². The Hall–Kier alpha value is -0.570. The van der Waals surface area contributed by atoms with Crippen molar-refractivity contribution in [2.24, 2.45) is 0 Å². The van der Waals surface area contributed by atoms with Crippen molar-refractivity contribution in [3.05, 3.63) is 0 Å². The minimum Gasteiger partial charge on any atom is -0.356 e. The molecule has 0 N–H and O–H groups in total. The van der Waals surface area contributed by atoms with Crippen LogP contribution < -0.4 is 5.10 Å². The molecule has 1 aliphatic heterocycles. The van der Waals surface area contributed by atoms with Crippen LogP contribution in [0.4, 0.5) is 0 Å². The fourth-order valence-electron chi connectivity index (χ4n) is 0.742. The van der Waals surface area contributed by atoms with Gasteiger partial charge in [0.15, 0.2) is 11.3 Å². The van der Waals surface area contributed by atoms with Gasteiger partial charge in [-0.1, -0.05) is 5.01 Å². The number of nitrogens with zero attached hydrogens (tertiary/aromatic N) is 2. The standard InChI is InChI=1S/C5H10N2O/c1-7-5(8-2)3-4-6-7/h4-5H,3H2,1-2H3/q+1. The summed E-state index contributed by atoms with van der Waals surface area (Å²) < 4.78 is 5.02. The minimum absolute atomic E-state index is 0.176. The molecule has 0 saturated carbocycles. The van der Waals surface area contributed by atoms with Crippen LogP contribution in [-0.4, -0.2) is 31.6 Å². The SMILES string of the molecule is COC1CC=[N+]N1C. The molecule has 1 unspecified atom stereocenters. The number of hydrazone groups is 1. The van der Waals surface area contributed by atoms with E-state index in [-0.39, 0.29) is 6.23 Å². The predicted octanol–water partition coefficient (Wildman–Crippen LogP) is -0.384. The Labute approximate surface area is 48.9 Å². The minimum atomic E-state index is 0.176. The first kappa shape index (κ1) is 5.56. The monoisotopic (exact) mass is 114 g/mol. The first-order valence-corrected chi connectivity index (χ1v) is 2.62. The molecule has 0 aromatic carbocycles. The van der Waals surface area contributed by atoms with Crippen LogP contribution >= 0.6 is 0 Å². The number of hydrogen-bond donors (Lipinski definition) is 0. The molecular formula is C5H10N2O+. The fraction of sp³-hybridized carbons (Fsp3) is 0.800. The fourth-order valence-corrected chi connectivity index (χ4v) is 0.742. The summed E-state index contributed by atoms with van der Waals surface area (Å²) in [4.78, 5) is 0. The summed E-state index contributed by atoms with van der Waals surface area (Å²) in [5.41, 5.74) is 0. The summed E-state index contributed by atoms with van der Waals surface area (Å²) >= 11 is 0. The van der Waals surface area contributed by atoms with Gasteiger partial charge in [0.2, 0.25) is 0 Å². The Morgan fingerprint density at radius 1 is 1.88 bits per heavy atom. The van der Waals surface area contributed by atoms with E-state index in [1.807, 2.05) is 13.3 Å². The summed E-state index contributed by atoms with van der Waals surface area (Å²) in [6.45, 7) is 0. The molecule has 45 valence electrons. The van der Waals surface area contributed by atoms with E-state index in [1.165, 1.54) is 0 Å². The lowest BCUT2D eigenvalue weighted by Gasteiger charge is -2.06. The number of rotatable bonds is 1. The molecule has 0 amide bonds. The molecule has 0 aliphatic carbocycles. The summed E-state index contributed by atoms with van der Waals surface area (Å²) in [6, 6.07) is 0.